The van der Waals surface area contributed by atoms with Gasteiger partial charge in [-0.15, -0.1) is 4.85 Å². The van der Waals surface area contributed by atoms with Crippen molar-refractivity contribution in [2.75, 3.05) is 42.3 Å². The second kappa shape index (κ2) is 7.32. The summed E-state index contributed by atoms with van der Waals surface area (Å²) < 4.78 is 6.38. The van der Waals surface area contributed by atoms with Crippen LogP contribution in [0.1, 0.15) is 41.0 Å². The van der Waals surface area contributed by atoms with Gasteiger partial charge in [0.25, 0.3) is 0 Å². The van der Waals surface area contributed by atoms with E-state index in [9.17, 15) is 0 Å². The minimum Gasteiger partial charge on any atom is -0.250 e. The Hall–Kier alpha value is -0.290. The van der Waals surface area contributed by atoms with Crippen LogP contribution in [-0.4, -0.2) is 61.8 Å². The maximum Gasteiger partial charge on any atom is 0.193 e. The first-order valence-corrected chi connectivity index (χ1v) is 8.91. The average Bonchev–Trinajstić information content (AvgIpc) is 2.18. The van der Waals surface area contributed by atoms with E-state index in [-0.39, 0.29) is 11.0 Å². The van der Waals surface area contributed by atoms with Crippen molar-refractivity contribution in [2.24, 2.45) is 20.6 Å². The molecule has 0 amide bonds. The van der Waals surface area contributed by atoms with Gasteiger partial charge in [0.05, 0.1) is 5.54 Å². The summed E-state index contributed by atoms with van der Waals surface area (Å²) in [4.78, 5) is 4.62. The second-order valence-electron chi connectivity index (χ2n) is 7.91. The molecule has 0 aromatic rings. The first kappa shape index (κ1) is 20.7. The van der Waals surface area contributed by atoms with Gasteiger partial charge in [-0.3, -0.25) is 14.0 Å². The molecule has 0 aliphatic rings. The van der Waals surface area contributed by atoms with E-state index in [1.165, 1.54) is 0 Å². The molecule has 0 aliphatic heterocycles. The zero-order valence-corrected chi connectivity index (χ0v) is 16.7. The Bertz CT molecular complexity index is 376. The SMILES string of the molecule is CN(C)P(=NN=NC(C)(C)CC(C)(C)C)(N(C)C)N(C)C. The number of rotatable bonds is 6. The zero-order valence-electron chi connectivity index (χ0n) is 15.8. The molecule has 0 radical (unpaired) electrons. The van der Waals surface area contributed by atoms with Gasteiger partial charge in [-0.25, -0.2) is 0 Å². The summed E-state index contributed by atoms with van der Waals surface area (Å²) in [6.45, 7) is 10.9. The summed E-state index contributed by atoms with van der Waals surface area (Å²) >= 11 is 0. The molecule has 0 unspecified atom stereocenters. The van der Waals surface area contributed by atoms with Crippen LogP contribution in [0.2, 0.25) is 0 Å². The maximum absolute atomic E-state index is 4.62. The molecule has 0 saturated carbocycles. The van der Waals surface area contributed by atoms with Gasteiger partial charge in [-0.2, -0.15) is 5.11 Å². The normalized spacial score (nSPS) is 14.8. The summed E-state index contributed by atoms with van der Waals surface area (Å²) in [6.07, 6.45) is 0.969. The molecular weight excluding hydrogens is 283 g/mol. The average molecular weight is 318 g/mol. The number of hydrogen-bond acceptors (Lipinski definition) is 1. The van der Waals surface area contributed by atoms with Crippen LogP contribution < -0.4 is 0 Å². The summed E-state index contributed by atoms with van der Waals surface area (Å²) in [5.74, 6) is 0. The Labute approximate surface area is 131 Å². The molecule has 7 heteroatoms. The highest BCUT2D eigenvalue weighted by Crippen LogP contribution is 2.54. The lowest BCUT2D eigenvalue weighted by Crippen LogP contribution is -2.30. The Kier molecular flexibility index (Phi) is 7.21. The molecule has 0 atom stereocenters. The standard InChI is InChI=1S/C14H35N6P/c1-13(2,3)12-14(4,5)15-16-17-21(18(6)7,19(8)9)20(10)11/h12H2,1-11H3. The topological polar surface area (TPSA) is 46.8 Å². The Morgan fingerprint density at radius 1 is 0.762 bits per heavy atom. The van der Waals surface area contributed by atoms with Gasteiger partial charge in [0.1, 0.15) is 0 Å². The van der Waals surface area contributed by atoms with Crippen molar-refractivity contribution in [1.82, 2.24) is 14.0 Å². The van der Waals surface area contributed by atoms with Gasteiger partial charge >= 0.3 is 0 Å². The minimum absolute atomic E-state index is 0.206. The molecule has 0 spiro atoms. The van der Waals surface area contributed by atoms with Gasteiger partial charge < -0.3 is 0 Å². The molecule has 0 N–H and O–H groups in total. The number of hydrogen-bond donors (Lipinski definition) is 0. The van der Waals surface area contributed by atoms with Crippen LogP contribution in [0.4, 0.5) is 0 Å². The number of nitrogens with zero attached hydrogens (tertiary/aromatic N) is 6. The van der Waals surface area contributed by atoms with Crippen LogP contribution in [0.3, 0.4) is 0 Å². The van der Waals surface area contributed by atoms with Crippen LogP contribution in [-0.2, 0) is 0 Å². The van der Waals surface area contributed by atoms with E-state index in [0.29, 0.717) is 0 Å². The summed E-state index contributed by atoms with van der Waals surface area (Å²) in [6, 6.07) is 0. The monoisotopic (exact) mass is 318 g/mol. The molecule has 0 bridgehead atoms. The van der Waals surface area contributed by atoms with Crippen LogP contribution in [0.5, 0.6) is 0 Å². The zero-order chi connectivity index (χ0) is 17.1. The van der Waals surface area contributed by atoms with Crippen molar-refractivity contribution < 1.29 is 0 Å². The van der Waals surface area contributed by atoms with Gasteiger partial charge in [-0.1, -0.05) is 20.8 Å². The first-order valence-electron chi connectivity index (χ1n) is 7.31. The van der Waals surface area contributed by atoms with E-state index in [0.717, 1.165) is 6.42 Å². The molecule has 0 rings (SSSR count). The first-order chi connectivity index (χ1) is 9.24. The van der Waals surface area contributed by atoms with Crippen molar-refractivity contribution in [2.45, 2.75) is 46.6 Å². The van der Waals surface area contributed by atoms with Crippen molar-refractivity contribution in [3.05, 3.63) is 0 Å². The highest BCUT2D eigenvalue weighted by atomic mass is 31.2. The van der Waals surface area contributed by atoms with Crippen molar-refractivity contribution in [3.8, 4) is 0 Å². The lowest BCUT2D eigenvalue weighted by Gasteiger charge is -2.39. The van der Waals surface area contributed by atoms with Crippen LogP contribution in [0.15, 0.2) is 15.2 Å². The van der Waals surface area contributed by atoms with E-state index in [4.69, 9.17) is 0 Å². The third-order valence-electron chi connectivity index (χ3n) is 3.05. The quantitative estimate of drug-likeness (QED) is 0.419. The van der Waals surface area contributed by atoms with Gasteiger partial charge in [0.15, 0.2) is 7.51 Å². The molecule has 21 heavy (non-hydrogen) atoms. The fourth-order valence-electron chi connectivity index (χ4n) is 2.84. The van der Waals surface area contributed by atoms with Gasteiger partial charge in [0.2, 0.25) is 0 Å². The van der Waals surface area contributed by atoms with E-state index in [1.807, 2.05) is 42.3 Å². The fraction of sp³-hybridized carbons (Fsp3) is 1.00. The maximum atomic E-state index is 4.62. The van der Waals surface area contributed by atoms with Gasteiger partial charge in [-0.05, 0) is 73.2 Å². The molecule has 0 aliphatic carbocycles. The molecular formula is C14H35N6P. The Balaban J connectivity index is 5.49. The smallest absolute Gasteiger partial charge is 0.193 e. The van der Waals surface area contributed by atoms with Gasteiger partial charge in [0, 0.05) is 0 Å². The van der Waals surface area contributed by atoms with Crippen molar-refractivity contribution in [3.63, 3.8) is 0 Å². The van der Waals surface area contributed by atoms with E-state index in [2.05, 4.69) is 63.8 Å². The minimum atomic E-state index is -1.98. The van der Waals surface area contributed by atoms with Crippen molar-refractivity contribution >= 4 is 7.51 Å². The molecule has 0 saturated heterocycles. The highest BCUT2D eigenvalue weighted by molar-refractivity contribution is 7.58. The van der Waals surface area contributed by atoms with E-state index < -0.39 is 7.51 Å². The third kappa shape index (κ3) is 6.15. The molecule has 126 valence electrons. The predicted octanol–water partition coefficient (Wildman–Crippen LogP) is 4.20. The predicted molar refractivity (Wildman–Crippen MR) is 93.4 cm³/mol. The lowest BCUT2D eigenvalue weighted by atomic mass is 9.82. The fourth-order valence-corrected chi connectivity index (χ4v) is 5.62. The largest absolute Gasteiger partial charge is 0.250 e. The van der Waals surface area contributed by atoms with E-state index in [1.54, 1.807) is 0 Å². The van der Waals surface area contributed by atoms with E-state index >= 15 is 0 Å². The lowest BCUT2D eigenvalue weighted by molar-refractivity contribution is 0.279. The van der Waals surface area contributed by atoms with Crippen LogP contribution >= 0.6 is 7.51 Å². The second-order valence-corrected chi connectivity index (χ2v) is 11.6. The molecule has 0 heterocycles. The third-order valence-corrected chi connectivity index (χ3v) is 6.59. The van der Waals surface area contributed by atoms with Crippen LogP contribution in [0.25, 0.3) is 0 Å². The summed E-state index contributed by atoms with van der Waals surface area (Å²) in [5, 5.41) is 8.72. The van der Waals surface area contributed by atoms with Crippen molar-refractivity contribution in [1.29, 1.82) is 0 Å². The molecule has 0 aromatic carbocycles. The molecule has 6 nitrogen and oxygen atoms in total. The Morgan fingerprint density at radius 3 is 1.43 bits per heavy atom. The highest BCUT2D eigenvalue weighted by Gasteiger charge is 2.29. The molecule has 0 aromatic heterocycles. The van der Waals surface area contributed by atoms with Crippen LogP contribution in [0, 0.1) is 5.41 Å². The summed E-state index contributed by atoms with van der Waals surface area (Å²) in [7, 11) is 10.2. The summed E-state index contributed by atoms with van der Waals surface area (Å²) in [5.41, 5.74) is 0.0156. The molecule has 0 fully saturated rings. The Morgan fingerprint density at radius 2 is 1.14 bits per heavy atom.